The molecule has 6 heteroatoms. The van der Waals surface area contributed by atoms with Gasteiger partial charge < -0.3 is 4.74 Å². The second-order valence-electron chi connectivity index (χ2n) is 6.50. The Kier molecular flexibility index (Phi) is 5.70. The van der Waals surface area contributed by atoms with E-state index in [-0.39, 0.29) is 4.90 Å². The van der Waals surface area contributed by atoms with Gasteiger partial charge in [-0.15, -0.1) is 0 Å². The van der Waals surface area contributed by atoms with Crippen LogP contribution in [0.4, 0.5) is 10.1 Å². The normalized spacial score (nSPS) is 12.4. The van der Waals surface area contributed by atoms with E-state index in [9.17, 15) is 12.8 Å². The molecule has 0 aliphatic carbocycles. The van der Waals surface area contributed by atoms with E-state index in [0.717, 1.165) is 11.6 Å². The number of hydrogen-bond donors (Lipinski definition) is 0. The van der Waals surface area contributed by atoms with Gasteiger partial charge in [0.05, 0.1) is 23.7 Å². The molecule has 0 aromatic heterocycles. The fraction of sp³-hybridized carbons (Fsp3) is 0.182. The van der Waals surface area contributed by atoms with E-state index in [0.29, 0.717) is 17.0 Å². The molecule has 0 amide bonds. The van der Waals surface area contributed by atoms with Crippen molar-refractivity contribution in [3.05, 3.63) is 89.7 Å². The van der Waals surface area contributed by atoms with Crippen molar-refractivity contribution < 1.29 is 17.5 Å². The molecule has 0 N–H and O–H groups in total. The molecule has 1 unspecified atom stereocenters. The van der Waals surface area contributed by atoms with Gasteiger partial charge in [0.1, 0.15) is 11.6 Å². The predicted molar refractivity (Wildman–Crippen MR) is 109 cm³/mol. The van der Waals surface area contributed by atoms with Gasteiger partial charge in [-0.05, 0) is 61.4 Å². The average molecular weight is 399 g/mol. The molecule has 0 heterocycles. The molecule has 0 saturated heterocycles. The summed E-state index contributed by atoms with van der Waals surface area (Å²) in [5.74, 6) is 0.0975. The number of anilines is 1. The van der Waals surface area contributed by atoms with Crippen LogP contribution < -0.4 is 9.04 Å². The lowest BCUT2D eigenvalue weighted by Gasteiger charge is -2.31. The maximum Gasteiger partial charge on any atom is 0.265 e. The van der Waals surface area contributed by atoms with Crippen LogP contribution in [0.5, 0.6) is 5.75 Å². The van der Waals surface area contributed by atoms with Crippen LogP contribution in [0, 0.1) is 12.7 Å². The van der Waals surface area contributed by atoms with E-state index in [2.05, 4.69) is 0 Å². The number of aryl methyl sites for hydroxylation is 1. The Labute approximate surface area is 165 Å². The summed E-state index contributed by atoms with van der Waals surface area (Å²) in [4.78, 5) is -0.0447. The Morgan fingerprint density at radius 1 is 0.964 bits per heavy atom. The van der Waals surface area contributed by atoms with Gasteiger partial charge in [-0.25, -0.2) is 12.8 Å². The van der Waals surface area contributed by atoms with Crippen molar-refractivity contribution in [3.63, 3.8) is 0 Å². The predicted octanol–water partition coefficient (Wildman–Crippen LogP) is 5.10. The monoisotopic (exact) mass is 399 g/mol. The van der Waals surface area contributed by atoms with Crippen LogP contribution in [0.15, 0.2) is 77.7 Å². The first-order valence-electron chi connectivity index (χ1n) is 8.84. The number of hydrogen-bond acceptors (Lipinski definition) is 3. The maximum atomic E-state index is 13.9. The fourth-order valence-electron chi connectivity index (χ4n) is 3.12. The molecular formula is C22H22FNO3S. The Morgan fingerprint density at radius 2 is 1.61 bits per heavy atom. The highest BCUT2D eigenvalue weighted by Gasteiger charge is 2.31. The summed E-state index contributed by atoms with van der Waals surface area (Å²) in [5, 5.41) is 0. The first-order chi connectivity index (χ1) is 13.3. The topological polar surface area (TPSA) is 46.6 Å². The summed E-state index contributed by atoms with van der Waals surface area (Å²) < 4.78 is 47.5. The number of ether oxygens (including phenoxy) is 1. The van der Waals surface area contributed by atoms with Crippen molar-refractivity contribution in [2.24, 2.45) is 0 Å². The highest BCUT2D eigenvalue weighted by molar-refractivity contribution is 7.92. The molecule has 0 aliphatic heterocycles. The summed E-state index contributed by atoms with van der Waals surface area (Å²) in [6, 6.07) is 19.3. The smallest absolute Gasteiger partial charge is 0.265 e. The second kappa shape index (κ2) is 8.02. The van der Waals surface area contributed by atoms with Crippen molar-refractivity contribution >= 4 is 15.7 Å². The Balaban J connectivity index is 2.15. The van der Waals surface area contributed by atoms with Crippen LogP contribution in [-0.2, 0) is 10.0 Å². The number of rotatable bonds is 6. The number of nitrogens with zero attached hydrogens (tertiary/aromatic N) is 1. The van der Waals surface area contributed by atoms with E-state index >= 15 is 0 Å². The summed E-state index contributed by atoms with van der Waals surface area (Å²) in [6.07, 6.45) is 0. The van der Waals surface area contributed by atoms with Crippen LogP contribution in [0.25, 0.3) is 0 Å². The molecule has 146 valence electrons. The molecule has 3 rings (SSSR count). The van der Waals surface area contributed by atoms with Crippen LogP contribution in [0.3, 0.4) is 0 Å². The first kappa shape index (κ1) is 19.9. The molecule has 1 atom stereocenters. The third-order valence-corrected chi connectivity index (χ3v) is 6.69. The van der Waals surface area contributed by atoms with E-state index in [1.54, 1.807) is 57.4 Å². The van der Waals surface area contributed by atoms with Crippen molar-refractivity contribution in [2.75, 3.05) is 11.4 Å². The number of halogens is 1. The van der Waals surface area contributed by atoms with Crippen LogP contribution in [-0.4, -0.2) is 15.5 Å². The molecule has 4 nitrogen and oxygen atoms in total. The zero-order valence-corrected chi connectivity index (χ0v) is 16.8. The third-order valence-electron chi connectivity index (χ3n) is 4.65. The Bertz CT molecular complexity index is 1050. The lowest BCUT2D eigenvalue weighted by Crippen LogP contribution is -2.34. The molecule has 0 spiro atoms. The Morgan fingerprint density at radius 3 is 2.21 bits per heavy atom. The third kappa shape index (κ3) is 3.87. The minimum absolute atomic E-state index is 0.0447. The van der Waals surface area contributed by atoms with Crippen molar-refractivity contribution in [3.8, 4) is 5.75 Å². The van der Waals surface area contributed by atoms with E-state index in [1.807, 2.05) is 18.2 Å². The van der Waals surface area contributed by atoms with Crippen LogP contribution in [0.2, 0.25) is 0 Å². The molecule has 0 fully saturated rings. The molecule has 3 aromatic carbocycles. The summed E-state index contributed by atoms with van der Waals surface area (Å²) >= 11 is 0. The highest BCUT2D eigenvalue weighted by atomic mass is 32.2. The van der Waals surface area contributed by atoms with E-state index in [1.165, 1.54) is 16.4 Å². The summed E-state index contributed by atoms with van der Waals surface area (Å²) in [5.41, 5.74) is 1.79. The number of sulfonamides is 1. The van der Waals surface area contributed by atoms with E-state index in [4.69, 9.17) is 4.74 Å². The number of methoxy groups -OCH3 is 1. The maximum absolute atomic E-state index is 13.9. The molecule has 28 heavy (non-hydrogen) atoms. The molecule has 0 saturated carbocycles. The van der Waals surface area contributed by atoms with Crippen LogP contribution >= 0.6 is 0 Å². The van der Waals surface area contributed by atoms with Gasteiger partial charge in [0.25, 0.3) is 10.0 Å². The second-order valence-corrected chi connectivity index (χ2v) is 8.28. The summed E-state index contributed by atoms with van der Waals surface area (Å²) in [6.45, 7) is 3.47. The van der Waals surface area contributed by atoms with Crippen molar-refractivity contribution in [1.82, 2.24) is 0 Å². The SMILES string of the molecule is COc1ccc(C(C)N(c2ccccc2)S(=O)(=O)c2cc(F)ccc2C)cc1. The number of benzene rings is 3. The molecular weight excluding hydrogens is 377 g/mol. The first-order valence-corrected chi connectivity index (χ1v) is 10.3. The minimum Gasteiger partial charge on any atom is -0.497 e. The van der Waals surface area contributed by atoms with Crippen molar-refractivity contribution in [1.29, 1.82) is 0 Å². The van der Waals surface area contributed by atoms with Gasteiger partial charge in [0.15, 0.2) is 0 Å². The van der Waals surface area contributed by atoms with Gasteiger partial charge in [-0.3, -0.25) is 4.31 Å². The largest absolute Gasteiger partial charge is 0.497 e. The highest BCUT2D eigenvalue weighted by Crippen LogP contribution is 2.34. The molecule has 3 aromatic rings. The lowest BCUT2D eigenvalue weighted by atomic mass is 10.1. The average Bonchev–Trinajstić information content (AvgIpc) is 2.70. The quantitative estimate of drug-likeness (QED) is 0.579. The van der Waals surface area contributed by atoms with Gasteiger partial charge in [-0.1, -0.05) is 36.4 Å². The zero-order chi connectivity index (χ0) is 20.3. The van der Waals surface area contributed by atoms with Crippen LogP contribution in [0.1, 0.15) is 24.1 Å². The van der Waals surface area contributed by atoms with Gasteiger partial charge in [-0.2, -0.15) is 0 Å². The fourth-order valence-corrected chi connectivity index (χ4v) is 5.01. The molecule has 0 aliphatic rings. The summed E-state index contributed by atoms with van der Waals surface area (Å²) in [7, 11) is -2.43. The molecule has 0 radical (unpaired) electrons. The standard InChI is InChI=1S/C22H22FNO3S/c1-16-9-12-19(23)15-22(16)28(25,26)24(20-7-5-4-6-8-20)17(2)18-10-13-21(27-3)14-11-18/h4-15,17H,1-3H3. The van der Waals surface area contributed by atoms with Crippen molar-refractivity contribution in [2.45, 2.75) is 24.8 Å². The zero-order valence-electron chi connectivity index (χ0n) is 16.0. The lowest BCUT2D eigenvalue weighted by molar-refractivity contribution is 0.414. The number of para-hydroxylation sites is 1. The molecule has 0 bridgehead atoms. The van der Waals surface area contributed by atoms with Gasteiger partial charge in [0, 0.05) is 0 Å². The van der Waals surface area contributed by atoms with E-state index < -0.39 is 21.9 Å². The van der Waals surface area contributed by atoms with Gasteiger partial charge >= 0.3 is 0 Å². The Hall–Kier alpha value is -2.86. The minimum atomic E-state index is -4.01. The van der Waals surface area contributed by atoms with Gasteiger partial charge in [0.2, 0.25) is 0 Å².